The number of hydrogen-bond donors (Lipinski definition) is 1. The molecule has 7 nitrogen and oxygen atoms in total. The van der Waals surface area contributed by atoms with Crippen LogP contribution in [0.4, 0.5) is 0 Å². The van der Waals surface area contributed by atoms with Gasteiger partial charge >= 0.3 is 0 Å². The molecule has 1 aromatic heterocycles. The molecule has 0 aliphatic carbocycles. The summed E-state index contributed by atoms with van der Waals surface area (Å²) in [5.74, 6) is 1.95. The Bertz CT molecular complexity index is 552. The molecular weight excluding hydrogens is 471 g/mol. The standard InChI is InChI=1S/C20H36N4O3.HI/c1-5-21-20(22-11-6-8-19-16(2)23-27-17(19)3)24-12-9-18(10-13-24)26-15-7-14-25-4;/h18H,5-15H2,1-4H3,(H,21,22);1H. The van der Waals surface area contributed by atoms with Crippen molar-refractivity contribution in [1.29, 1.82) is 0 Å². The molecule has 1 aromatic rings. The molecular formula is C20H37IN4O3. The summed E-state index contributed by atoms with van der Waals surface area (Å²) in [6, 6.07) is 0. The van der Waals surface area contributed by atoms with Crippen LogP contribution in [0.3, 0.4) is 0 Å². The van der Waals surface area contributed by atoms with E-state index in [2.05, 4.69) is 22.3 Å². The van der Waals surface area contributed by atoms with Crippen LogP contribution in [-0.2, 0) is 15.9 Å². The van der Waals surface area contributed by atoms with Gasteiger partial charge in [0.05, 0.1) is 11.8 Å². The van der Waals surface area contributed by atoms with Crippen LogP contribution in [0.2, 0.25) is 0 Å². The first-order chi connectivity index (χ1) is 13.2. The monoisotopic (exact) mass is 508 g/mol. The molecule has 0 unspecified atom stereocenters. The Kier molecular flexibility index (Phi) is 12.7. The van der Waals surface area contributed by atoms with Crippen LogP contribution in [0, 0.1) is 13.8 Å². The van der Waals surface area contributed by atoms with E-state index in [1.54, 1.807) is 7.11 Å². The van der Waals surface area contributed by atoms with Crippen molar-refractivity contribution < 1.29 is 14.0 Å². The number of methoxy groups -OCH3 is 1. The Balaban J connectivity index is 0.00000392. The largest absolute Gasteiger partial charge is 0.385 e. The SMILES string of the molecule is CCNC(=NCCCc1c(C)noc1C)N1CCC(OCCCOC)CC1.I. The summed E-state index contributed by atoms with van der Waals surface area (Å²) in [6.07, 6.45) is 5.39. The van der Waals surface area contributed by atoms with Crippen LogP contribution in [0.1, 0.15) is 49.6 Å². The highest BCUT2D eigenvalue weighted by Gasteiger charge is 2.21. The number of ether oxygens (including phenoxy) is 2. The molecule has 1 saturated heterocycles. The van der Waals surface area contributed by atoms with Gasteiger partial charge in [-0.25, -0.2) is 0 Å². The Morgan fingerprint density at radius 1 is 1.25 bits per heavy atom. The third-order valence-corrected chi connectivity index (χ3v) is 4.95. The number of nitrogens with one attached hydrogen (secondary N) is 1. The number of rotatable bonds is 10. The molecule has 8 heteroatoms. The van der Waals surface area contributed by atoms with Gasteiger partial charge in [0.1, 0.15) is 5.76 Å². The first kappa shape index (κ1) is 25.2. The molecule has 1 N–H and O–H groups in total. The van der Waals surface area contributed by atoms with Gasteiger partial charge in [-0.1, -0.05) is 5.16 Å². The molecule has 0 bridgehead atoms. The van der Waals surface area contributed by atoms with Gasteiger partial charge in [0.25, 0.3) is 0 Å². The molecule has 0 atom stereocenters. The van der Waals surface area contributed by atoms with Gasteiger partial charge in [0.2, 0.25) is 0 Å². The van der Waals surface area contributed by atoms with Crippen LogP contribution in [0.25, 0.3) is 0 Å². The predicted molar refractivity (Wildman–Crippen MR) is 123 cm³/mol. The molecule has 0 amide bonds. The fourth-order valence-corrected chi connectivity index (χ4v) is 3.41. The zero-order valence-electron chi connectivity index (χ0n) is 17.8. The third kappa shape index (κ3) is 8.24. The maximum atomic E-state index is 5.95. The van der Waals surface area contributed by atoms with Crippen molar-refractivity contribution in [2.75, 3.05) is 46.5 Å². The maximum Gasteiger partial charge on any atom is 0.193 e. The first-order valence-corrected chi connectivity index (χ1v) is 10.2. The van der Waals surface area contributed by atoms with Crippen molar-refractivity contribution >= 4 is 29.9 Å². The summed E-state index contributed by atoms with van der Waals surface area (Å²) in [5.41, 5.74) is 2.22. The van der Waals surface area contributed by atoms with E-state index >= 15 is 0 Å². The number of aryl methyl sites for hydroxylation is 2. The molecule has 2 rings (SSSR count). The number of guanidine groups is 1. The number of likely N-dealkylation sites (tertiary alicyclic amines) is 1. The van der Waals surface area contributed by atoms with E-state index in [9.17, 15) is 0 Å². The van der Waals surface area contributed by atoms with Crippen molar-refractivity contribution in [3.63, 3.8) is 0 Å². The Morgan fingerprint density at radius 2 is 2.00 bits per heavy atom. The highest BCUT2D eigenvalue weighted by atomic mass is 127. The average molecular weight is 508 g/mol. The lowest BCUT2D eigenvalue weighted by atomic mass is 10.1. The lowest BCUT2D eigenvalue weighted by Crippen LogP contribution is -2.47. The second-order valence-corrected chi connectivity index (χ2v) is 7.05. The molecule has 1 fully saturated rings. The lowest BCUT2D eigenvalue weighted by Gasteiger charge is -2.34. The quantitative estimate of drug-likeness (QED) is 0.226. The van der Waals surface area contributed by atoms with E-state index in [1.165, 1.54) is 5.56 Å². The maximum absolute atomic E-state index is 5.95. The van der Waals surface area contributed by atoms with Crippen LogP contribution in [-0.4, -0.2) is 68.6 Å². The van der Waals surface area contributed by atoms with Crippen LogP contribution >= 0.6 is 24.0 Å². The minimum Gasteiger partial charge on any atom is -0.385 e. The van der Waals surface area contributed by atoms with E-state index in [4.69, 9.17) is 19.0 Å². The predicted octanol–water partition coefficient (Wildman–Crippen LogP) is 3.33. The van der Waals surface area contributed by atoms with Crippen molar-refractivity contribution in [3.8, 4) is 0 Å². The van der Waals surface area contributed by atoms with Crippen molar-refractivity contribution in [3.05, 3.63) is 17.0 Å². The van der Waals surface area contributed by atoms with Gasteiger partial charge < -0.3 is 24.2 Å². The second kappa shape index (κ2) is 14.2. The average Bonchev–Trinajstić information content (AvgIpc) is 3.00. The number of halogens is 1. The van der Waals surface area contributed by atoms with Gasteiger partial charge in [-0.15, -0.1) is 24.0 Å². The van der Waals surface area contributed by atoms with E-state index in [1.807, 2.05) is 13.8 Å². The molecule has 0 saturated carbocycles. The van der Waals surface area contributed by atoms with Gasteiger partial charge in [0.15, 0.2) is 5.96 Å². The molecule has 0 aromatic carbocycles. The van der Waals surface area contributed by atoms with E-state index in [0.717, 1.165) is 88.9 Å². The van der Waals surface area contributed by atoms with Gasteiger partial charge in [-0.3, -0.25) is 4.99 Å². The van der Waals surface area contributed by atoms with Crippen molar-refractivity contribution in [2.24, 2.45) is 4.99 Å². The summed E-state index contributed by atoms with van der Waals surface area (Å²) in [5, 5.41) is 7.45. The van der Waals surface area contributed by atoms with Gasteiger partial charge in [-0.05, 0) is 52.9 Å². The zero-order chi connectivity index (χ0) is 19.5. The number of piperidine rings is 1. The number of nitrogens with zero attached hydrogens (tertiary/aromatic N) is 3. The number of aliphatic imine (C=N–C) groups is 1. The van der Waals surface area contributed by atoms with Crippen molar-refractivity contribution in [1.82, 2.24) is 15.4 Å². The van der Waals surface area contributed by atoms with E-state index in [-0.39, 0.29) is 24.0 Å². The van der Waals surface area contributed by atoms with Crippen molar-refractivity contribution in [2.45, 2.75) is 59.0 Å². The summed E-state index contributed by atoms with van der Waals surface area (Å²) in [7, 11) is 1.73. The zero-order valence-corrected chi connectivity index (χ0v) is 20.2. The number of aromatic nitrogens is 1. The highest BCUT2D eigenvalue weighted by molar-refractivity contribution is 14.0. The normalized spacial score (nSPS) is 15.6. The fraction of sp³-hybridized carbons (Fsp3) is 0.800. The Hall–Kier alpha value is -0.870. The van der Waals surface area contributed by atoms with Crippen LogP contribution < -0.4 is 5.32 Å². The molecule has 0 spiro atoms. The molecule has 1 aliphatic heterocycles. The summed E-state index contributed by atoms with van der Waals surface area (Å²) < 4.78 is 16.3. The molecule has 28 heavy (non-hydrogen) atoms. The van der Waals surface area contributed by atoms with Gasteiger partial charge in [-0.2, -0.15) is 0 Å². The Labute approximate surface area is 186 Å². The molecule has 0 radical (unpaired) electrons. The smallest absolute Gasteiger partial charge is 0.193 e. The minimum absolute atomic E-state index is 0. The lowest BCUT2D eigenvalue weighted by molar-refractivity contribution is 0.00990. The topological polar surface area (TPSA) is 72.1 Å². The van der Waals surface area contributed by atoms with Crippen LogP contribution in [0.15, 0.2) is 9.52 Å². The first-order valence-electron chi connectivity index (χ1n) is 10.2. The molecule has 2 heterocycles. The Morgan fingerprint density at radius 3 is 2.61 bits per heavy atom. The summed E-state index contributed by atoms with van der Waals surface area (Å²) in [6.45, 7) is 11.3. The minimum atomic E-state index is 0. The van der Waals surface area contributed by atoms with Gasteiger partial charge in [0, 0.05) is 52.1 Å². The molecule has 1 aliphatic rings. The van der Waals surface area contributed by atoms with E-state index in [0.29, 0.717) is 6.10 Å². The molecule has 162 valence electrons. The number of hydrogen-bond acceptors (Lipinski definition) is 5. The van der Waals surface area contributed by atoms with E-state index < -0.39 is 0 Å². The fourth-order valence-electron chi connectivity index (χ4n) is 3.41. The highest BCUT2D eigenvalue weighted by Crippen LogP contribution is 2.16. The summed E-state index contributed by atoms with van der Waals surface area (Å²) >= 11 is 0. The second-order valence-electron chi connectivity index (χ2n) is 7.05. The summed E-state index contributed by atoms with van der Waals surface area (Å²) in [4.78, 5) is 7.19. The third-order valence-electron chi connectivity index (χ3n) is 4.95. The van der Waals surface area contributed by atoms with Crippen LogP contribution in [0.5, 0.6) is 0 Å².